The van der Waals surface area contributed by atoms with Crippen LogP contribution >= 0.6 is 11.6 Å². The Balaban J connectivity index is 1.86. The lowest BCUT2D eigenvalue weighted by molar-refractivity contribution is -0.147. The van der Waals surface area contributed by atoms with Crippen LogP contribution in [0.3, 0.4) is 0 Å². The van der Waals surface area contributed by atoms with Crippen LogP contribution in [0.2, 0.25) is 5.02 Å². The Kier molecular flexibility index (Phi) is 3.51. The Morgan fingerprint density at radius 1 is 1.43 bits per heavy atom. The van der Waals surface area contributed by atoms with Gasteiger partial charge in [0.15, 0.2) is 0 Å². The normalized spacial score (nSPS) is 18.0. The van der Waals surface area contributed by atoms with E-state index in [0.717, 1.165) is 11.3 Å². The molecule has 2 aromatic heterocycles. The van der Waals surface area contributed by atoms with Gasteiger partial charge < -0.3 is 15.4 Å². The molecular formula is C14H17ClN4O2. The summed E-state index contributed by atoms with van der Waals surface area (Å²) in [5.74, 6) is 0.614. The van der Waals surface area contributed by atoms with Crippen molar-refractivity contribution in [1.29, 1.82) is 0 Å². The van der Waals surface area contributed by atoms with Gasteiger partial charge in [0.1, 0.15) is 17.7 Å². The molecule has 0 atom stereocenters. The molecule has 2 aromatic rings. The predicted octanol–water partition coefficient (Wildman–Crippen LogP) is 1.46. The van der Waals surface area contributed by atoms with Crippen LogP contribution in [0.4, 0.5) is 5.82 Å². The molecule has 0 aliphatic carbocycles. The van der Waals surface area contributed by atoms with Crippen LogP contribution in [0.1, 0.15) is 12.8 Å². The van der Waals surface area contributed by atoms with Crippen molar-refractivity contribution in [2.75, 3.05) is 25.1 Å². The third-order valence-electron chi connectivity index (χ3n) is 4.04. The van der Waals surface area contributed by atoms with Crippen molar-refractivity contribution in [2.45, 2.75) is 18.4 Å². The zero-order valence-corrected chi connectivity index (χ0v) is 12.5. The fourth-order valence-electron chi connectivity index (χ4n) is 2.77. The molecule has 6 nitrogen and oxygen atoms in total. The Bertz CT molecular complexity index is 677. The summed E-state index contributed by atoms with van der Waals surface area (Å²) >= 11 is 6.16. The first-order valence-electron chi connectivity index (χ1n) is 6.77. The van der Waals surface area contributed by atoms with Crippen molar-refractivity contribution in [3.63, 3.8) is 0 Å². The third-order valence-corrected chi connectivity index (χ3v) is 4.26. The van der Waals surface area contributed by atoms with Crippen LogP contribution in [0.25, 0.3) is 5.52 Å². The standard InChI is InChI=1S/C14H17ClN4O2/c1-21-13(20)14(16)2-4-18(5-3-14)12-7-10(15)6-11-8-17-9-19(11)12/h6-9H,2-5,16H2,1H3. The highest BCUT2D eigenvalue weighted by Crippen LogP contribution is 2.28. The number of ether oxygens (including phenoxy) is 1. The van der Waals surface area contributed by atoms with Crippen molar-refractivity contribution in [3.8, 4) is 0 Å². The molecule has 112 valence electrons. The lowest BCUT2D eigenvalue weighted by Crippen LogP contribution is -2.56. The number of methoxy groups -OCH3 is 1. The van der Waals surface area contributed by atoms with Gasteiger partial charge in [-0.2, -0.15) is 0 Å². The number of nitrogens with zero attached hydrogens (tertiary/aromatic N) is 3. The number of anilines is 1. The molecule has 1 aliphatic rings. The Hall–Kier alpha value is -1.79. The van der Waals surface area contributed by atoms with Crippen LogP contribution in [0.15, 0.2) is 24.7 Å². The van der Waals surface area contributed by atoms with Crippen LogP contribution in [0, 0.1) is 0 Å². The number of nitrogens with two attached hydrogens (primary N) is 1. The monoisotopic (exact) mass is 308 g/mol. The van der Waals surface area contributed by atoms with Crippen molar-refractivity contribution >= 4 is 28.9 Å². The zero-order chi connectivity index (χ0) is 15.0. The summed E-state index contributed by atoms with van der Waals surface area (Å²) in [5.41, 5.74) is 6.18. The minimum atomic E-state index is -0.891. The van der Waals surface area contributed by atoms with E-state index in [4.69, 9.17) is 22.1 Å². The highest BCUT2D eigenvalue weighted by molar-refractivity contribution is 6.31. The summed E-state index contributed by atoms with van der Waals surface area (Å²) in [6.07, 6.45) is 4.61. The summed E-state index contributed by atoms with van der Waals surface area (Å²) in [4.78, 5) is 18.1. The topological polar surface area (TPSA) is 72.9 Å². The van der Waals surface area contributed by atoms with Gasteiger partial charge >= 0.3 is 5.97 Å². The molecule has 0 spiro atoms. The molecule has 0 unspecified atom stereocenters. The van der Waals surface area contributed by atoms with Gasteiger partial charge in [-0.25, -0.2) is 4.98 Å². The summed E-state index contributed by atoms with van der Waals surface area (Å²) in [5, 5.41) is 0.663. The fraction of sp³-hybridized carbons (Fsp3) is 0.429. The number of hydrogen-bond acceptors (Lipinski definition) is 5. The van der Waals surface area contributed by atoms with Gasteiger partial charge in [-0.3, -0.25) is 9.20 Å². The molecule has 3 rings (SSSR count). The molecule has 0 aromatic carbocycles. The molecule has 21 heavy (non-hydrogen) atoms. The Labute approximate surface area is 127 Å². The minimum absolute atomic E-state index is 0.346. The minimum Gasteiger partial charge on any atom is -0.468 e. The van der Waals surface area contributed by atoms with E-state index in [1.165, 1.54) is 7.11 Å². The molecule has 2 N–H and O–H groups in total. The quantitative estimate of drug-likeness (QED) is 0.850. The van der Waals surface area contributed by atoms with Gasteiger partial charge in [0.2, 0.25) is 0 Å². The largest absolute Gasteiger partial charge is 0.468 e. The smallest absolute Gasteiger partial charge is 0.325 e. The second kappa shape index (κ2) is 5.20. The summed E-state index contributed by atoms with van der Waals surface area (Å²) < 4.78 is 6.77. The van der Waals surface area contributed by atoms with Crippen molar-refractivity contribution < 1.29 is 9.53 Å². The molecule has 3 heterocycles. The van der Waals surface area contributed by atoms with Gasteiger partial charge in [-0.05, 0) is 25.0 Å². The van der Waals surface area contributed by atoms with E-state index >= 15 is 0 Å². The first kappa shape index (κ1) is 14.2. The van der Waals surface area contributed by atoms with E-state index in [9.17, 15) is 4.79 Å². The lowest BCUT2D eigenvalue weighted by atomic mass is 9.89. The number of pyridine rings is 1. The number of fused-ring (bicyclic) bond motifs is 1. The van der Waals surface area contributed by atoms with Gasteiger partial charge in [0.05, 0.1) is 18.8 Å². The number of aromatic nitrogens is 2. The van der Waals surface area contributed by atoms with E-state index in [2.05, 4.69) is 9.88 Å². The fourth-order valence-corrected chi connectivity index (χ4v) is 2.97. The molecule has 0 radical (unpaired) electrons. The molecule has 0 bridgehead atoms. The highest BCUT2D eigenvalue weighted by Gasteiger charge is 2.39. The van der Waals surface area contributed by atoms with E-state index in [1.807, 2.05) is 16.5 Å². The first-order chi connectivity index (χ1) is 10.0. The molecule has 0 saturated carbocycles. The number of esters is 1. The second-order valence-corrected chi connectivity index (χ2v) is 5.79. The number of rotatable bonds is 2. The van der Waals surface area contributed by atoms with Crippen molar-refractivity contribution in [3.05, 3.63) is 29.7 Å². The first-order valence-corrected chi connectivity index (χ1v) is 7.15. The number of carbonyl (C=O) groups is 1. The summed E-state index contributed by atoms with van der Waals surface area (Å²) in [6, 6.07) is 3.77. The number of piperidine rings is 1. The lowest BCUT2D eigenvalue weighted by Gasteiger charge is -2.38. The molecule has 1 saturated heterocycles. The summed E-state index contributed by atoms with van der Waals surface area (Å²) in [7, 11) is 1.37. The van der Waals surface area contributed by atoms with Crippen molar-refractivity contribution in [2.24, 2.45) is 5.73 Å². The molecule has 0 amide bonds. The van der Waals surface area contributed by atoms with Crippen LogP contribution in [0.5, 0.6) is 0 Å². The van der Waals surface area contributed by atoms with Crippen LogP contribution in [-0.2, 0) is 9.53 Å². The number of hydrogen-bond donors (Lipinski definition) is 1. The predicted molar refractivity (Wildman–Crippen MR) is 80.6 cm³/mol. The maximum absolute atomic E-state index is 11.8. The van der Waals surface area contributed by atoms with Gasteiger partial charge in [0, 0.05) is 18.1 Å². The molecule has 1 fully saturated rings. The maximum Gasteiger partial charge on any atom is 0.325 e. The second-order valence-electron chi connectivity index (χ2n) is 5.36. The third kappa shape index (κ3) is 2.45. The van der Waals surface area contributed by atoms with E-state index in [0.29, 0.717) is 31.0 Å². The number of halogens is 1. The molecular weight excluding hydrogens is 292 g/mol. The van der Waals surface area contributed by atoms with Gasteiger partial charge in [0.25, 0.3) is 0 Å². The van der Waals surface area contributed by atoms with Crippen LogP contribution < -0.4 is 10.6 Å². The molecule has 1 aliphatic heterocycles. The maximum atomic E-state index is 11.8. The Morgan fingerprint density at radius 2 is 2.14 bits per heavy atom. The van der Waals surface area contributed by atoms with Crippen molar-refractivity contribution in [1.82, 2.24) is 9.38 Å². The number of imidazole rings is 1. The van der Waals surface area contributed by atoms with Crippen LogP contribution in [-0.4, -0.2) is 41.1 Å². The van der Waals surface area contributed by atoms with Gasteiger partial charge in [-0.15, -0.1) is 0 Å². The van der Waals surface area contributed by atoms with E-state index < -0.39 is 5.54 Å². The number of carbonyl (C=O) groups excluding carboxylic acids is 1. The summed E-state index contributed by atoms with van der Waals surface area (Å²) in [6.45, 7) is 1.33. The Morgan fingerprint density at radius 3 is 2.81 bits per heavy atom. The SMILES string of the molecule is COC(=O)C1(N)CCN(c2cc(Cl)cc3cncn23)CC1. The zero-order valence-electron chi connectivity index (χ0n) is 11.8. The average molecular weight is 309 g/mol. The highest BCUT2D eigenvalue weighted by atomic mass is 35.5. The van der Waals surface area contributed by atoms with E-state index in [1.54, 1.807) is 12.5 Å². The van der Waals surface area contributed by atoms with Gasteiger partial charge in [-0.1, -0.05) is 11.6 Å². The molecule has 7 heteroatoms. The average Bonchev–Trinajstić information content (AvgIpc) is 2.94. The van der Waals surface area contributed by atoms with E-state index in [-0.39, 0.29) is 5.97 Å².